The summed E-state index contributed by atoms with van der Waals surface area (Å²) < 4.78 is 41.2. The smallest absolute Gasteiger partial charge is 0.255 e. The number of sulfonamides is 1. The summed E-state index contributed by atoms with van der Waals surface area (Å²) in [5.41, 5.74) is 1.72. The van der Waals surface area contributed by atoms with E-state index in [1.165, 1.54) is 30.3 Å². The Balaban J connectivity index is 1.85. The Morgan fingerprint density at radius 2 is 2.08 bits per heavy atom. The van der Waals surface area contributed by atoms with Gasteiger partial charge in [-0.2, -0.15) is 0 Å². The summed E-state index contributed by atoms with van der Waals surface area (Å²) in [5, 5.41) is 5.71. The lowest BCUT2D eigenvalue weighted by Crippen LogP contribution is -2.25. The standard InChI is InChI=1S/C18H20FN3O3S/c1-2-21-26(24,25)14-5-3-4-12(10-14)18(23)22-16-7-6-13-11-20-9-8-15(13)17(16)19/h3-7,10,20-21H,2,8-9,11H2,1H3,(H,22,23). The van der Waals surface area contributed by atoms with E-state index in [-0.39, 0.29) is 22.7 Å². The van der Waals surface area contributed by atoms with E-state index in [1.54, 1.807) is 13.0 Å². The second-order valence-corrected chi connectivity index (χ2v) is 7.74. The SMILES string of the molecule is CCNS(=O)(=O)c1cccc(C(=O)Nc2ccc3c(c2F)CCNC3)c1. The maximum Gasteiger partial charge on any atom is 0.255 e. The van der Waals surface area contributed by atoms with E-state index >= 15 is 0 Å². The molecule has 1 aliphatic rings. The largest absolute Gasteiger partial charge is 0.319 e. The van der Waals surface area contributed by atoms with Crippen LogP contribution < -0.4 is 15.4 Å². The number of halogens is 1. The van der Waals surface area contributed by atoms with Crippen LogP contribution in [0.3, 0.4) is 0 Å². The number of hydrogen-bond donors (Lipinski definition) is 3. The summed E-state index contributed by atoms with van der Waals surface area (Å²) in [6.45, 7) is 3.20. The number of rotatable bonds is 5. The minimum absolute atomic E-state index is 0.0102. The van der Waals surface area contributed by atoms with Gasteiger partial charge >= 0.3 is 0 Å². The van der Waals surface area contributed by atoms with Gasteiger partial charge in [0.1, 0.15) is 5.82 Å². The Hall–Kier alpha value is -2.29. The van der Waals surface area contributed by atoms with E-state index in [0.29, 0.717) is 25.1 Å². The molecule has 0 spiro atoms. The summed E-state index contributed by atoms with van der Waals surface area (Å²) in [5.74, 6) is -1.000. The number of benzene rings is 2. The van der Waals surface area contributed by atoms with Crippen molar-refractivity contribution >= 4 is 21.6 Å². The molecule has 2 aromatic carbocycles. The van der Waals surface area contributed by atoms with Crippen LogP contribution in [-0.2, 0) is 23.0 Å². The van der Waals surface area contributed by atoms with Crippen LogP contribution in [0.5, 0.6) is 0 Å². The number of carbonyl (C=O) groups excluding carboxylic acids is 1. The molecule has 0 saturated carbocycles. The van der Waals surface area contributed by atoms with E-state index in [0.717, 1.165) is 5.56 Å². The van der Waals surface area contributed by atoms with Crippen LogP contribution in [0.15, 0.2) is 41.3 Å². The van der Waals surface area contributed by atoms with Crippen LogP contribution in [-0.4, -0.2) is 27.4 Å². The van der Waals surface area contributed by atoms with E-state index in [9.17, 15) is 17.6 Å². The zero-order chi connectivity index (χ0) is 18.7. The Morgan fingerprint density at radius 1 is 1.27 bits per heavy atom. The molecule has 0 bridgehead atoms. The summed E-state index contributed by atoms with van der Waals surface area (Å²) in [6.07, 6.45) is 0.557. The molecule has 1 aliphatic heterocycles. The van der Waals surface area contributed by atoms with Crippen molar-refractivity contribution in [1.29, 1.82) is 0 Å². The average Bonchev–Trinajstić information content (AvgIpc) is 2.64. The van der Waals surface area contributed by atoms with Gasteiger partial charge in [-0.05, 0) is 48.4 Å². The first kappa shape index (κ1) is 18.5. The van der Waals surface area contributed by atoms with Gasteiger partial charge in [0.15, 0.2) is 0 Å². The number of fused-ring (bicyclic) bond motifs is 1. The molecule has 0 radical (unpaired) electrons. The fraction of sp³-hybridized carbons (Fsp3) is 0.278. The zero-order valence-electron chi connectivity index (χ0n) is 14.3. The van der Waals surface area contributed by atoms with Crippen LogP contribution in [0.2, 0.25) is 0 Å². The van der Waals surface area contributed by atoms with Crippen molar-refractivity contribution in [2.45, 2.75) is 24.8 Å². The van der Waals surface area contributed by atoms with Gasteiger partial charge in [0.25, 0.3) is 5.91 Å². The topological polar surface area (TPSA) is 87.3 Å². The number of hydrogen-bond acceptors (Lipinski definition) is 4. The predicted molar refractivity (Wildman–Crippen MR) is 97.1 cm³/mol. The molecule has 1 amide bonds. The molecule has 6 nitrogen and oxygen atoms in total. The van der Waals surface area contributed by atoms with E-state index in [1.807, 2.05) is 0 Å². The highest BCUT2D eigenvalue weighted by molar-refractivity contribution is 7.89. The molecule has 0 aliphatic carbocycles. The Labute approximate surface area is 151 Å². The molecule has 8 heteroatoms. The molecule has 0 saturated heterocycles. The van der Waals surface area contributed by atoms with Crippen molar-refractivity contribution in [2.24, 2.45) is 0 Å². The molecular weight excluding hydrogens is 357 g/mol. The summed E-state index contributed by atoms with van der Waals surface area (Å²) in [6, 6.07) is 8.95. The van der Waals surface area contributed by atoms with Gasteiger partial charge in [-0.3, -0.25) is 4.79 Å². The van der Waals surface area contributed by atoms with E-state index in [2.05, 4.69) is 15.4 Å². The summed E-state index contributed by atoms with van der Waals surface area (Å²) in [4.78, 5) is 12.5. The van der Waals surface area contributed by atoms with Crippen LogP contribution >= 0.6 is 0 Å². The molecule has 3 N–H and O–H groups in total. The predicted octanol–water partition coefficient (Wildman–Crippen LogP) is 2.02. The van der Waals surface area contributed by atoms with Gasteiger partial charge in [0, 0.05) is 18.7 Å². The molecule has 3 rings (SSSR count). The van der Waals surface area contributed by atoms with E-state index in [4.69, 9.17) is 0 Å². The highest BCUT2D eigenvalue weighted by atomic mass is 32.2. The van der Waals surface area contributed by atoms with Gasteiger partial charge < -0.3 is 10.6 Å². The van der Waals surface area contributed by atoms with Crippen LogP contribution in [0.4, 0.5) is 10.1 Å². The Morgan fingerprint density at radius 3 is 2.85 bits per heavy atom. The Kier molecular flexibility index (Phi) is 5.36. The number of anilines is 1. The minimum atomic E-state index is -3.67. The number of nitrogens with one attached hydrogen (secondary N) is 3. The van der Waals surface area contributed by atoms with E-state index < -0.39 is 21.7 Å². The van der Waals surface area contributed by atoms with Crippen molar-refractivity contribution in [2.75, 3.05) is 18.4 Å². The lowest BCUT2D eigenvalue weighted by molar-refractivity contribution is 0.102. The fourth-order valence-electron chi connectivity index (χ4n) is 2.90. The quantitative estimate of drug-likeness (QED) is 0.744. The highest BCUT2D eigenvalue weighted by Gasteiger charge is 2.19. The Bertz CT molecular complexity index is 945. The average molecular weight is 377 g/mol. The highest BCUT2D eigenvalue weighted by Crippen LogP contribution is 2.25. The number of amides is 1. The summed E-state index contributed by atoms with van der Waals surface area (Å²) in [7, 11) is -3.67. The molecule has 0 unspecified atom stereocenters. The second kappa shape index (κ2) is 7.53. The third-order valence-corrected chi connectivity index (χ3v) is 5.74. The lowest BCUT2D eigenvalue weighted by Gasteiger charge is -2.19. The monoisotopic (exact) mass is 377 g/mol. The first-order valence-electron chi connectivity index (χ1n) is 8.34. The van der Waals surface area contributed by atoms with Gasteiger partial charge in [0.2, 0.25) is 10.0 Å². The molecule has 0 aromatic heterocycles. The third kappa shape index (κ3) is 3.77. The lowest BCUT2D eigenvalue weighted by atomic mass is 9.99. The number of carbonyl (C=O) groups is 1. The fourth-order valence-corrected chi connectivity index (χ4v) is 3.99. The van der Waals surface area contributed by atoms with Gasteiger partial charge in [-0.25, -0.2) is 17.5 Å². The van der Waals surface area contributed by atoms with Crippen molar-refractivity contribution in [3.8, 4) is 0 Å². The van der Waals surface area contributed by atoms with Crippen molar-refractivity contribution < 1.29 is 17.6 Å². The first-order chi connectivity index (χ1) is 12.4. The molecule has 0 atom stereocenters. The van der Waals surface area contributed by atoms with Gasteiger partial charge in [-0.1, -0.05) is 19.1 Å². The van der Waals surface area contributed by atoms with Crippen LogP contribution in [0.25, 0.3) is 0 Å². The van der Waals surface area contributed by atoms with Crippen molar-refractivity contribution in [1.82, 2.24) is 10.0 Å². The van der Waals surface area contributed by atoms with Crippen LogP contribution in [0, 0.1) is 5.82 Å². The van der Waals surface area contributed by atoms with Gasteiger partial charge in [0.05, 0.1) is 10.6 Å². The second-order valence-electron chi connectivity index (χ2n) is 5.97. The zero-order valence-corrected chi connectivity index (χ0v) is 15.1. The molecule has 1 heterocycles. The van der Waals surface area contributed by atoms with Crippen LogP contribution in [0.1, 0.15) is 28.4 Å². The van der Waals surface area contributed by atoms with Crippen molar-refractivity contribution in [3.05, 3.63) is 58.9 Å². The van der Waals surface area contributed by atoms with Gasteiger partial charge in [-0.15, -0.1) is 0 Å². The maximum atomic E-state index is 14.7. The molecule has 0 fully saturated rings. The molecule has 2 aromatic rings. The maximum absolute atomic E-state index is 14.7. The molecular formula is C18H20FN3O3S. The first-order valence-corrected chi connectivity index (χ1v) is 9.82. The molecule has 26 heavy (non-hydrogen) atoms. The third-order valence-electron chi connectivity index (χ3n) is 4.20. The molecule has 138 valence electrons. The summed E-state index contributed by atoms with van der Waals surface area (Å²) >= 11 is 0. The minimum Gasteiger partial charge on any atom is -0.319 e. The van der Waals surface area contributed by atoms with Crippen molar-refractivity contribution in [3.63, 3.8) is 0 Å². The normalized spacial score (nSPS) is 13.9.